The van der Waals surface area contributed by atoms with Gasteiger partial charge in [-0.1, -0.05) is 31.2 Å². The van der Waals surface area contributed by atoms with E-state index < -0.39 is 0 Å². The van der Waals surface area contributed by atoms with Crippen molar-refractivity contribution < 1.29 is 0 Å². The summed E-state index contributed by atoms with van der Waals surface area (Å²) in [4.78, 5) is 2.49. The second-order valence-corrected chi connectivity index (χ2v) is 5.29. The monoisotopic (exact) mass is 258 g/mol. The molecule has 0 radical (unpaired) electrons. The second kappa shape index (κ2) is 6.76. The fourth-order valence-corrected chi connectivity index (χ4v) is 2.81. The van der Waals surface area contributed by atoms with Crippen LogP contribution in [0.3, 0.4) is 0 Å². The van der Waals surface area contributed by atoms with Gasteiger partial charge in [-0.15, -0.1) is 0 Å². The lowest BCUT2D eigenvalue weighted by atomic mass is 9.97. The van der Waals surface area contributed by atoms with Gasteiger partial charge < -0.3 is 10.2 Å². The normalized spacial score (nSPS) is 16.7. The van der Waals surface area contributed by atoms with E-state index in [0.717, 1.165) is 13.1 Å². The fraction of sp³-hybridized carbons (Fsp3) is 0.529. The van der Waals surface area contributed by atoms with Crippen LogP contribution in [0.1, 0.15) is 44.4 Å². The van der Waals surface area contributed by atoms with Crippen molar-refractivity contribution in [3.63, 3.8) is 0 Å². The van der Waals surface area contributed by atoms with E-state index in [1.54, 1.807) is 0 Å². The lowest BCUT2D eigenvalue weighted by Gasteiger charge is -2.31. The minimum absolute atomic E-state index is 0.446. The fourth-order valence-electron chi connectivity index (χ4n) is 2.81. The van der Waals surface area contributed by atoms with Crippen LogP contribution in [-0.2, 0) is 6.42 Å². The summed E-state index contributed by atoms with van der Waals surface area (Å²) in [7, 11) is 0. The minimum Gasteiger partial charge on any atom is -0.368 e. The molecule has 1 unspecified atom stereocenters. The summed E-state index contributed by atoms with van der Waals surface area (Å²) in [6, 6.07) is 7.42. The summed E-state index contributed by atoms with van der Waals surface area (Å²) in [6.45, 7) is 9.72. The van der Waals surface area contributed by atoms with Crippen LogP contribution in [0.2, 0.25) is 0 Å². The molecule has 104 valence electrons. The Morgan fingerprint density at radius 2 is 2.26 bits per heavy atom. The maximum Gasteiger partial charge on any atom is 0.0401 e. The van der Waals surface area contributed by atoms with Gasteiger partial charge in [0, 0.05) is 24.8 Å². The molecule has 1 N–H and O–H groups in total. The van der Waals surface area contributed by atoms with E-state index in [2.05, 4.69) is 61.3 Å². The van der Waals surface area contributed by atoms with Crippen molar-refractivity contribution in [1.29, 1.82) is 0 Å². The van der Waals surface area contributed by atoms with Gasteiger partial charge in [-0.3, -0.25) is 0 Å². The number of fused-ring (bicyclic) bond motifs is 1. The Bertz CT molecular complexity index is 437. The number of nitrogens with zero attached hydrogens (tertiary/aromatic N) is 1. The van der Waals surface area contributed by atoms with E-state index in [1.807, 2.05) is 0 Å². The predicted octanol–water partition coefficient (Wildman–Crippen LogP) is 3.69. The molecule has 0 spiro atoms. The number of benzene rings is 1. The molecular weight excluding hydrogens is 232 g/mol. The Labute approximate surface area is 117 Å². The zero-order chi connectivity index (χ0) is 13.7. The van der Waals surface area contributed by atoms with Crippen molar-refractivity contribution in [2.24, 2.45) is 0 Å². The standard InChI is InChI=1S/C17H26N2/c1-4-6-11-19-12-7-8-16-13-15(9-10-17(16)19)14(3)18-5-2/h4,6,9-10,13-14,18H,5,7-8,11-12H2,1-3H3/b6-4+. The third kappa shape index (κ3) is 3.38. The van der Waals surface area contributed by atoms with Crippen molar-refractivity contribution in [2.75, 3.05) is 24.5 Å². The van der Waals surface area contributed by atoms with Gasteiger partial charge in [-0.25, -0.2) is 0 Å². The lowest BCUT2D eigenvalue weighted by Crippen LogP contribution is -2.29. The smallest absolute Gasteiger partial charge is 0.0401 e. The molecule has 0 aromatic heterocycles. The van der Waals surface area contributed by atoms with Crippen LogP contribution in [0, 0.1) is 0 Å². The Balaban J connectivity index is 2.20. The molecule has 0 aliphatic carbocycles. The first-order chi connectivity index (χ1) is 9.26. The molecule has 2 nitrogen and oxygen atoms in total. The van der Waals surface area contributed by atoms with E-state index in [0.29, 0.717) is 6.04 Å². The second-order valence-electron chi connectivity index (χ2n) is 5.29. The lowest BCUT2D eigenvalue weighted by molar-refractivity contribution is 0.596. The van der Waals surface area contributed by atoms with Crippen molar-refractivity contribution in [3.05, 3.63) is 41.5 Å². The number of hydrogen-bond acceptors (Lipinski definition) is 2. The summed E-state index contributed by atoms with van der Waals surface area (Å²) in [6.07, 6.45) is 6.86. The number of allylic oxidation sites excluding steroid dienone is 1. The highest BCUT2D eigenvalue weighted by Crippen LogP contribution is 2.29. The quantitative estimate of drug-likeness (QED) is 0.810. The van der Waals surface area contributed by atoms with Crippen molar-refractivity contribution in [2.45, 2.75) is 39.7 Å². The predicted molar refractivity (Wildman–Crippen MR) is 83.9 cm³/mol. The van der Waals surface area contributed by atoms with Crippen LogP contribution in [0.15, 0.2) is 30.4 Å². The first kappa shape index (κ1) is 14.1. The summed E-state index contributed by atoms with van der Waals surface area (Å²) < 4.78 is 0. The van der Waals surface area contributed by atoms with E-state index in [1.165, 1.54) is 36.2 Å². The number of anilines is 1. The Morgan fingerprint density at radius 3 is 3.00 bits per heavy atom. The van der Waals surface area contributed by atoms with Crippen LogP contribution < -0.4 is 10.2 Å². The number of hydrogen-bond donors (Lipinski definition) is 1. The molecule has 19 heavy (non-hydrogen) atoms. The van der Waals surface area contributed by atoms with Crippen molar-refractivity contribution in [1.82, 2.24) is 5.32 Å². The molecule has 1 atom stereocenters. The molecule has 1 aliphatic rings. The van der Waals surface area contributed by atoms with Gasteiger partial charge in [0.15, 0.2) is 0 Å². The molecule has 1 aromatic rings. The maximum absolute atomic E-state index is 3.49. The Morgan fingerprint density at radius 1 is 1.42 bits per heavy atom. The van der Waals surface area contributed by atoms with Crippen LogP contribution in [0.25, 0.3) is 0 Å². The van der Waals surface area contributed by atoms with E-state index >= 15 is 0 Å². The van der Waals surface area contributed by atoms with Gasteiger partial charge in [-0.2, -0.15) is 0 Å². The highest BCUT2D eigenvalue weighted by atomic mass is 15.1. The highest BCUT2D eigenvalue weighted by molar-refractivity contribution is 5.57. The third-order valence-electron chi connectivity index (χ3n) is 3.89. The average molecular weight is 258 g/mol. The molecule has 0 fully saturated rings. The summed E-state index contributed by atoms with van der Waals surface area (Å²) in [5.74, 6) is 0. The molecule has 1 aliphatic heterocycles. The summed E-state index contributed by atoms with van der Waals surface area (Å²) >= 11 is 0. The largest absolute Gasteiger partial charge is 0.368 e. The Kier molecular flexibility index (Phi) is 5.03. The van der Waals surface area contributed by atoms with Gasteiger partial charge in [0.1, 0.15) is 0 Å². The summed E-state index contributed by atoms with van der Waals surface area (Å²) in [5, 5.41) is 3.49. The van der Waals surface area contributed by atoms with Gasteiger partial charge in [0.05, 0.1) is 0 Å². The molecule has 2 rings (SSSR count). The molecule has 0 bridgehead atoms. The molecule has 2 heteroatoms. The first-order valence-electron chi connectivity index (χ1n) is 7.48. The third-order valence-corrected chi connectivity index (χ3v) is 3.89. The number of nitrogens with one attached hydrogen (secondary N) is 1. The zero-order valence-electron chi connectivity index (χ0n) is 12.4. The molecule has 1 heterocycles. The van der Waals surface area contributed by atoms with Crippen molar-refractivity contribution in [3.8, 4) is 0 Å². The first-order valence-corrected chi connectivity index (χ1v) is 7.48. The topological polar surface area (TPSA) is 15.3 Å². The molecule has 0 saturated carbocycles. The van der Waals surface area contributed by atoms with Crippen LogP contribution in [0.5, 0.6) is 0 Å². The zero-order valence-corrected chi connectivity index (χ0v) is 12.4. The van der Waals surface area contributed by atoms with Gasteiger partial charge in [-0.05, 0) is 50.4 Å². The van der Waals surface area contributed by atoms with E-state index in [4.69, 9.17) is 0 Å². The Hall–Kier alpha value is -1.28. The van der Waals surface area contributed by atoms with Crippen molar-refractivity contribution >= 4 is 5.69 Å². The molecule has 1 aromatic carbocycles. The van der Waals surface area contributed by atoms with Gasteiger partial charge in [0.25, 0.3) is 0 Å². The number of rotatable bonds is 5. The van der Waals surface area contributed by atoms with E-state index in [9.17, 15) is 0 Å². The highest BCUT2D eigenvalue weighted by Gasteiger charge is 2.17. The van der Waals surface area contributed by atoms with Crippen LogP contribution in [-0.4, -0.2) is 19.6 Å². The van der Waals surface area contributed by atoms with E-state index in [-0.39, 0.29) is 0 Å². The van der Waals surface area contributed by atoms with Gasteiger partial charge >= 0.3 is 0 Å². The molecule has 0 saturated heterocycles. The molecule has 0 amide bonds. The average Bonchev–Trinajstić information content (AvgIpc) is 2.44. The SMILES string of the molecule is C/C=C/CN1CCCc2cc(C(C)NCC)ccc21. The van der Waals surface area contributed by atoms with Crippen LogP contribution >= 0.6 is 0 Å². The number of aryl methyl sites for hydroxylation is 1. The summed E-state index contributed by atoms with van der Waals surface area (Å²) in [5.41, 5.74) is 4.35. The molecular formula is C17H26N2. The minimum atomic E-state index is 0.446. The van der Waals surface area contributed by atoms with Gasteiger partial charge in [0.2, 0.25) is 0 Å². The maximum atomic E-state index is 3.49. The van der Waals surface area contributed by atoms with Crippen LogP contribution in [0.4, 0.5) is 5.69 Å².